The summed E-state index contributed by atoms with van der Waals surface area (Å²) in [7, 11) is 0. The van der Waals surface area contributed by atoms with E-state index in [9.17, 15) is 22.4 Å². The standard InChI is InChI=1S/C24H28F4N2O2/c1-17(2)13-30(23(31)19-6-4-8-21(25)12-19)16-22-15-29(9-10-32-22)14-18-5-3-7-20(11-18)24(26,27)28/h3-8,11-12,17,22H,9-10,13-16H2,1-2H3/t22-/m0/s1. The third kappa shape index (κ3) is 6.77. The van der Waals surface area contributed by atoms with Gasteiger partial charge in [0.2, 0.25) is 0 Å². The highest BCUT2D eigenvalue weighted by Crippen LogP contribution is 2.30. The lowest BCUT2D eigenvalue weighted by atomic mass is 10.1. The van der Waals surface area contributed by atoms with E-state index >= 15 is 0 Å². The number of morpholine rings is 1. The molecule has 0 bridgehead atoms. The van der Waals surface area contributed by atoms with Crippen molar-refractivity contribution in [2.75, 3.05) is 32.8 Å². The summed E-state index contributed by atoms with van der Waals surface area (Å²) in [4.78, 5) is 16.7. The van der Waals surface area contributed by atoms with E-state index in [4.69, 9.17) is 4.74 Å². The molecule has 2 aromatic rings. The first-order chi connectivity index (χ1) is 15.1. The fraction of sp³-hybridized carbons (Fsp3) is 0.458. The van der Waals surface area contributed by atoms with Crippen LogP contribution in [0.3, 0.4) is 0 Å². The van der Waals surface area contributed by atoms with E-state index < -0.39 is 17.6 Å². The minimum Gasteiger partial charge on any atom is -0.374 e. The number of hydrogen-bond donors (Lipinski definition) is 0. The molecule has 32 heavy (non-hydrogen) atoms. The van der Waals surface area contributed by atoms with Gasteiger partial charge in [0.05, 0.1) is 18.3 Å². The van der Waals surface area contributed by atoms with Crippen molar-refractivity contribution in [2.45, 2.75) is 32.7 Å². The van der Waals surface area contributed by atoms with Crippen molar-refractivity contribution in [2.24, 2.45) is 5.92 Å². The predicted octanol–water partition coefficient (Wildman–Crippen LogP) is 4.84. The number of carbonyl (C=O) groups is 1. The van der Waals surface area contributed by atoms with Crippen molar-refractivity contribution in [1.82, 2.24) is 9.80 Å². The normalized spacial score (nSPS) is 17.5. The molecular weight excluding hydrogens is 424 g/mol. The third-order valence-corrected chi connectivity index (χ3v) is 5.25. The Hall–Kier alpha value is -2.45. The van der Waals surface area contributed by atoms with E-state index in [1.807, 2.05) is 18.7 Å². The molecule has 2 aromatic carbocycles. The second kappa shape index (κ2) is 10.4. The number of hydrogen-bond acceptors (Lipinski definition) is 3. The number of halogens is 4. The van der Waals surface area contributed by atoms with Crippen molar-refractivity contribution >= 4 is 5.91 Å². The Labute approximate surface area is 185 Å². The van der Waals surface area contributed by atoms with Crippen LogP contribution in [-0.4, -0.2) is 54.6 Å². The summed E-state index contributed by atoms with van der Waals surface area (Å²) in [5.74, 6) is -0.532. The van der Waals surface area contributed by atoms with Crippen LogP contribution in [0, 0.1) is 11.7 Å². The molecule has 3 rings (SSSR count). The molecule has 1 amide bonds. The molecule has 1 aliphatic rings. The van der Waals surface area contributed by atoms with E-state index in [-0.39, 0.29) is 23.5 Å². The van der Waals surface area contributed by atoms with Gasteiger partial charge in [-0.3, -0.25) is 9.69 Å². The van der Waals surface area contributed by atoms with Crippen molar-refractivity contribution in [1.29, 1.82) is 0 Å². The van der Waals surface area contributed by atoms with E-state index in [0.717, 1.165) is 6.07 Å². The van der Waals surface area contributed by atoms with Crippen molar-refractivity contribution in [3.05, 3.63) is 71.0 Å². The first-order valence-electron chi connectivity index (χ1n) is 10.7. The Morgan fingerprint density at radius 3 is 2.62 bits per heavy atom. The fourth-order valence-corrected chi connectivity index (χ4v) is 3.87. The maximum absolute atomic E-state index is 13.6. The van der Waals surface area contributed by atoms with Crippen LogP contribution in [0.25, 0.3) is 0 Å². The Kier molecular flexibility index (Phi) is 7.90. The second-order valence-corrected chi connectivity index (χ2v) is 8.54. The highest BCUT2D eigenvalue weighted by molar-refractivity contribution is 5.94. The van der Waals surface area contributed by atoms with Crippen LogP contribution in [-0.2, 0) is 17.5 Å². The van der Waals surface area contributed by atoms with Crippen LogP contribution in [0.2, 0.25) is 0 Å². The van der Waals surface area contributed by atoms with Gasteiger partial charge in [0.1, 0.15) is 5.82 Å². The summed E-state index contributed by atoms with van der Waals surface area (Å²) in [6.45, 7) is 6.67. The van der Waals surface area contributed by atoms with E-state index in [0.29, 0.717) is 44.9 Å². The Morgan fingerprint density at radius 1 is 1.19 bits per heavy atom. The average molecular weight is 452 g/mol. The lowest BCUT2D eigenvalue weighted by molar-refractivity contribution is -0.137. The van der Waals surface area contributed by atoms with Gasteiger partial charge in [-0.25, -0.2) is 4.39 Å². The molecule has 8 heteroatoms. The topological polar surface area (TPSA) is 32.8 Å². The number of nitrogens with zero attached hydrogens (tertiary/aromatic N) is 2. The highest BCUT2D eigenvalue weighted by Gasteiger charge is 2.31. The Morgan fingerprint density at radius 2 is 1.94 bits per heavy atom. The molecule has 0 saturated carbocycles. The summed E-state index contributed by atoms with van der Waals surface area (Å²) in [5, 5.41) is 0. The van der Waals surface area contributed by atoms with Gasteiger partial charge in [-0.1, -0.05) is 38.1 Å². The molecule has 1 atom stereocenters. The quantitative estimate of drug-likeness (QED) is 0.564. The summed E-state index contributed by atoms with van der Waals surface area (Å²) >= 11 is 0. The zero-order valence-corrected chi connectivity index (χ0v) is 18.2. The van der Waals surface area contributed by atoms with Gasteiger partial charge < -0.3 is 9.64 Å². The third-order valence-electron chi connectivity index (χ3n) is 5.25. The number of alkyl halides is 3. The number of benzene rings is 2. The van der Waals surface area contributed by atoms with Gasteiger partial charge in [-0.05, 0) is 35.7 Å². The predicted molar refractivity (Wildman–Crippen MR) is 114 cm³/mol. The van der Waals surface area contributed by atoms with Crippen molar-refractivity contribution in [3.63, 3.8) is 0 Å². The molecule has 4 nitrogen and oxygen atoms in total. The number of rotatable bonds is 7. The molecule has 174 valence electrons. The molecule has 0 unspecified atom stereocenters. The molecule has 0 aromatic heterocycles. The highest BCUT2D eigenvalue weighted by atomic mass is 19.4. The van der Waals surface area contributed by atoms with Crippen LogP contribution in [0.4, 0.5) is 17.6 Å². The zero-order chi connectivity index (χ0) is 23.3. The number of amides is 1. The lowest BCUT2D eigenvalue weighted by Gasteiger charge is -2.36. The maximum Gasteiger partial charge on any atom is 0.416 e. The molecule has 1 heterocycles. The molecular formula is C24H28F4N2O2. The second-order valence-electron chi connectivity index (χ2n) is 8.54. The van der Waals surface area contributed by atoms with Gasteiger partial charge in [0, 0.05) is 38.3 Å². The summed E-state index contributed by atoms with van der Waals surface area (Å²) in [5.41, 5.74) is 0.196. The van der Waals surface area contributed by atoms with E-state index in [1.165, 1.54) is 30.3 Å². The molecule has 0 spiro atoms. The van der Waals surface area contributed by atoms with Crippen LogP contribution in [0.15, 0.2) is 48.5 Å². The Bertz CT molecular complexity index is 917. The van der Waals surface area contributed by atoms with Gasteiger partial charge >= 0.3 is 6.18 Å². The van der Waals surface area contributed by atoms with Gasteiger partial charge in [0.25, 0.3) is 5.91 Å². The summed E-state index contributed by atoms with van der Waals surface area (Å²) < 4.78 is 58.5. The van der Waals surface area contributed by atoms with Gasteiger partial charge in [0.15, 0.2) is 0 Å². The maximum atomic E-state index is 13.6. The largest absolute Gasteiger partial charge is 0.416 e. The van der Waals surface area contributed by atoms with E-state index in [2.05, 4.69) is 0 Å². The minimum absolute atomic E-state index is 0.206. The van der Waals surface area contributed by atoms with Gasteiger partial charge in [-0.15, -0.1) is 0 Å². The van der Waals surface area contributed by atoms with Crippen molar-refractivity contribution < 1.29 is 27.1 Å². The lowest BCUT2D eigenvalue weighted by Crippen LogP contribution is -2.49. The molecule has 1 aliphatic heterocycles. The SMILES string of the molecule is CC(C)CN(C[C@@H]1CN(Cc2cccc(C(F)(F)F)c2)CCO1)C(=O)c1cccc(F)c1. The smallest absolute Gasteiger partial charge is 0.374 e. The summed E-state index contributed by atoms with van der Waals surface area (Å²) in [6, 6.07) is 10.9. The van der Waals surface area contributed by atoms with E-state index in [1.54, 1.807) is 17.0 Å². The number of ether oxygens (including phenoxy) is 1. The first-order valence-corrected chi connectivity index (χ1v) is 10.7. The van der Waals surface area contributed by atoms with Crippen LogP contribution in [0.5, 0.6) is 0 Å². The Balaban J connectivity index is 1.67. The molecule has 0 radical (unpaired) electrons. The summed E-state index contributed by atoms with van der Waals surface area (Å²) in [6.07, 6.45) is -4.66. The average Bonchev–Trinajstić information content (AvgIpc) is 2.72. The molecule has 0 aliphatic carbocycles. The molecule has 1 fully saturated rings. The first kappa shape index (κ1) is 24.2. The molecule has 1 saturated heterocycles. The number of carbonyl (C=O) groups excluding carboxylic acids is 1. The van der Waals surface area contributed by atoms with Gasteiger partial charge in [-0.2, -0.15) is 13.2 Å². The molecule has 0 N–H and O–H groups in total. The van der Waals surface area contributed by atoms with Crippen LogP contribution < -0.4 is 0 Å². The monoisotopic (exact) mass is 452 g/mol. The fourth-order valence-electron chi connectivity index (χ4n) is 3.87. The van der Waals surface area contributed by atoms with Crippen molar-refractivity contribution in [3.8, 4) is 0 Å². The van der Waals surface area contributed by atoms with Crippen LogP contribution in [0.1, 0.15) is 35.3 Å². The van der Waals surface area contributed by atoms with Crippen LogP contribution >= 0.6 is 0 Å². The zero-order valence-electron chi connectivity index (χ0n) is 18.2. The minimum atomic E-state index is -4.38.